The van der Waals surface area contributed by atoms with Crippen LogP contribution in [0.5, 0.6) is 0 Å². The van der Waals surface area contributed by atoms with Crippen molar-refractivity contribution in [3.8, 4) is 21.7 Å². The fourth-order valence-corrected chi connectivity index (χ4v) is 7.48. The lowest BCUT2D eigenvalue weighted by atomic mass is 10.1. The van der Waals surface area contributed by atoms with Crippen molar-refractivity contribution in [1.82, 2.24) is 9.97 Å². The quantitative estimate of drug-likeness (QED) is 0.0443. The second-order valence-corrected chi connectivity index (χ2v) is 17.5. The van der Waals surface area contributed by atoms with Gasteiger partial charge in [-0.05, 0) is 75.7 Å². The van der Waals surface area contributed by atoms with Gasteiger partial charge in [0.05, 0.1) is 94.3 Å². The molecule has 2 heterocycles. The molecule has 0 radical (unpaired) electrons. The molecule has 0 unspecified atom stereocenters. The number of rotatable bonds is 24. The van der Waals surface area contributed by atoms with E-state index >= 15 is 0 Å². The molecule has 0 atom stereocenters. The number of carbonyl (C=O) groups is 1. The summed E-state index contributed by atoms with van der Waals surface area (Å²) < 4.78 is 63.9. The average Bonchev–Trinajstić information content (AvgIpc) is 3.65. The van der Waals surface area contributed by atoms with E-state index in [1.54, 1.807) is 28.4 Å². The van der Waals surface area contributed by atoms with Crippen LogP contribution in [-0.4, -0.2) is 123 Å². The Morgan fingerprint density at radius 3 is 1.78 bits per heavy atom. The van der Waals surface area contributed by atoms with E-state index in [4.69, 9.17) is 37.6 Å². The topological polar surface area (TPSA) is 148 Å². The standard InChI is InChI=1S/C44H56N4O10S2/c1-33-7-15-38(16-8-33)60(50,51)57-30-29-56-28-27-55-26-25-54-24-23-53-22-21-52-20-19-48(43(49)58-44(2,3)4)37-14-17-39-40(31-37)59-42(46-39)35-11-9-34(10-12-35)36-13-18-41(45-32-36)47(5)6/h7-18,31-32H,19-30H2,1-6H3. The van der Waals surface area contributed by atoms with Crippen molar-refractivity contribution in [2.45, 2.75) is 38.2 Å². The van der Waals surface area contributed by atoms with Crippen molar-refractivity contribution in [2.24, 2.45) is 0 Å². The molecule has 5 rings (SSSR count). The Bertz CT molecular complexity index is 2170. The highest BCUT2D eigenvalue weighted by Crippen LogP contribution is 2.34. The lowest BCUT2D eigenvalue weighted by Crippen LogP contribution is -2.39. The third kappa shape index (κ3) is 14.9. The summed E-state index contributed by atoms with van der Waals surface area (Å²) in [6.45, 7) is 11.0. The minimum Gasteiger partial charge on any atom is -0.443 e. The van der Waals surface area contributed by atoms with Gasteiger partial charge in [0.1, 0.15) is 16.4 Å². The molecule has 0 saturated carbocycles. The monoisotopic (exact) mass is 864 g/mol. The fourth-order valence-electron chi connectivity index (χ4n) is 5.59. The van der Waals surface area contributed by atoms with E-state index in [0.29, 0.717) is 58.5 Å². The molecule has 1 amide bonds. The summed E-state index contributed by atoms with van der Waals surface area (Å²) in [6, 6.07) is 24.6. The van der Waals surface area contributed by atoms with E-state index < -0.39 is 21.8 Å². The van der Waals surface area contributed by atoms with Crippen LogP contribution in [0.1, 0.15) is 26.3 Å². The van der Waals surface area contributed by atoms with Gasteiger partial charge in [0.2, 0.25) is 0 Å². The lowest BCUT2D eigenvalue weighted by molar-refractivity contribution is -0.0122. The highest BCUT2D eigenvalue weighted by atomic mass is 32.2. The second kappa shape index (κ2) is 22.9. The normalized spacial score (nSPS) is 11.9. The van der Waals surface area contributed by atoms with E-state index in [2.05, 4.69) is 35.3 Å². The molecule has 0 aliphatic carbocycles. The third-order valence-corrected chi connectivity index (χ3v) is 11.1. The van der Waals surface area contributed by atoms with Gasteiger partial charge in [0, 0.05) is 37.1 Å². The summed E-state index contributed by atoms with van der Waals surface area (Å²) in [5, 5.41) is 0.887. The van der Waals surface area contributed by atoms with Gasteiger partial charge >= 0.3 is 6.09 Å². The predicted molar refractivity (Wildman–Crippen MR) is 235 cm³/mol. The summed E-state index contributed by atoms with van der Waals surface area (Å²) in [7, 11) is 0.136. The molecule has 0 bridgehead atoms. The van der Waals surface area contributed by atoms with Gasteiger partial charge in [-0.1, -0.05) is 42.0 Å². The Kier molecular flexibility index (Phi) is 17.8. The van der Waals surface area contributed by atoms with Crippen LogP contribution in [-0.2, 0) is 42.7 Å². The smallest absolute Gasteiger partial charge is 0.414 e. The zero-order valence-corrected chi connectivity index (χ0v) is 36.9. The first-order valence-electron chi connectivity index (χ1n) is 19.8. The predicted octanol–water partition coefficient (Wildman–Crippen LogP) is 7.63. The lowest BCUT2D eigenvalue weighted by Gasteiger charge is -2.27. The molecule has 14 nitrogen and oxygen atoms in total. The van der Waals surface area contributed by atoms with Crippen LogP contribution in [0.3, 0.4) is 0 Å². The molecule has 0 saturated heterocycles. The van der Waals surface area contributed by atoms with E-state index in [9.17, 15) is 13.2 Å². The maximum Gasteiger partial charge on any atom is 0.414 e. The Hall–Kier alpha value is -4.52. The van der Waals surface area contributed by atoms with E-state index in [0.717, 1.165) is 43.3 Å². The number of carbonyl (C=O) groups excluding carboxylic acids is 1. The Morgan fingerprint density at radius 2 is 1.23 bits per heavy atom. The van der Waals surface area contributed by atoms with Gasteiger partial charge in [0.25, 0.3) is 10.1 Å². The molecule has 16 heteroatoms. The molecule has 324 valence electrons. The Balaban J connectivity index is 0.965. The van der Waals surface area contributed by atoms with Crippen LogP contribution in [0.2, 0.25) is 0 Å². The number of aromatic nitrogens is 2. The summed E-state index contributed by atoms with van der Waals surface area (Å²) in [5.41, 5.74) is 4.97. The fraction of sp³-hybridized carbons (Fsp3) is 0.432. The molecule has 60 heavy (non-hydrogen) atoms. The first kappa shape index (κ1) is 46.5. The summed E-state index contributed by atoms with van der Waals surface area (Å²) in [5.74, 6) is 0.907. The summed E-state index contributed by atoms with van der Waals surface area (Å²) in [6.07, 6.45) is 1.42. The summed E-state index contributed by atoms with van der Waals surface area (Å²) >= 11 is 1.57. The molecular weight excluding hydrogens is 809 g/mol. The molecule has 0 N–H and O–H groups in total. The maximum atomic E-state index is 13.4. The number of thiazole rings is 1. The largest absolute Gasteiger partial charge is 0.443 e. The average molecular weight is 865 g/mol. The number of pyridine rings is 1. The Morgan fingerprint density at radius 1 is 0.683 bits per heavy atom. The number of hydrogen-bond donors (Lipinski definition) is 0. The minimum atomic E-state index is -3.80. The summed E-state index contributed by atoms with van der Waals surface area (Å²) in [4.78, 5) is 26.4. The Labute approximate surface area is 357 Å². The zero-order chi connectivity index (χ0) is 43.0. The van der Waals surface area contributed by atoms with Gasteiger partial charge in [-0.25, -0.2) is 14.8 Å². The zero-order valence-electron chi connectivity index (χ0n) is 35.3. The van der Waals surface area contributed by atoms with E-state index in [-0.39, 0.29) is 31.3 Å². The number of fused-ring (bicyclic) bond motifs is 1. The number of benzene rings is 3. The second-order valence-electron chi connectivity index (χ2n) is 14.8. The first-order valence-corrected chi connectivity index (χ1v) is 22.0. The molecule has 3 aromatic carbocycles. The molecular formula is C44H56N4O10S2. The molecule has 0 fully saturated rings. The number of aryl methyl sites for hydroxylation is 1. The molecule has 5 aromatic rings. The molecule has 0 aliphatic heterocycles. The van der Waals surface area contributed by atoms with Crippen LogP contribution >= 0.6 is 11.3 Å². The third-order valence-electron chi connectivity index (χ3n) is 8.69. The number of hydrogen-bond acceptors (Lipinski definition) is 14. The van der Waals surface area contributed by atoms with Crippen molar-refractivity contribution in [3.05, 3.63) is 90.6 Å². The van der Waals surface area contributed by atoms with Gasteiger partial charge in [-0.3, -0.25) is 9.08 Å². The van der Waals surface area contributed by atoms with Crippen LogP contribution in [0.25, 0.3) is 31.9 Å². The molecule has 2 aromatic heterocycles. The van der Waals surface area contributed by atoms with Crippen molar-refractivity contribution in [1.29, 1.82) is 0 Å². The number of ether oxygens (including phenoxy) is 6. The van der Waals surface area contributed by atoms with Crippen LogP contribution in [0, 0.1) is 6.92 Å². The minimum absolute atomic E-state index is 0.0781. The van der Waals surface area contributed by atoms with Gasteiger partial charge in [-0.15, -0.1) is 11.3 Å². The molecule has 0 spiro atoms. The first-order chi connectivity index (χ1) is 28.8. The van der Waals surface area contributed by atoms with Crippen molar-refractivity contribution < 1.29 is 45.8 Å². The van der Waals surface area contributed by atoms with Crippen molar-refractivity contribution in [3.63, 3.8) is 0 Å². The van der Waals surface area contributed by atoms with Crippen molar-refractivity contribution >= 4 is 49.3 Å². The van der Waals surface area contributed by atoms with E-state index in [1.807, 2.05) is 77.2 Å². The highest BCUT2D eigenvalue weighted by Gasteiger charge is 2.24. The number of anilines is 2. The molecule has 0 aliphatic rings. The van der Waals surface area contributed by atoms with Gasteiger partial charge in [0.15, 0.2) is 0 Å². The van der Waals surface area contributed by atoms with Crippen LogP contribution < -0.4 is 9.80 Å². The number of nitrogens with zero attached hydrogens (tertiary/aromatic N) is 4. The van der Waals surface area contributed by atoms with Crippen LogP contribution in [0.15, 0.2) is 90.0 Å². The van der Waals surface area contributed by atoms with E-state index in [1.165, 1.54) is 12.1 Å². The number of amides is 1. The maximum absolute atomic E-state index is 13.4. The highest BCUT2D eigenvalue weighted by molar-refractivity contribution is 7.86. The van der Waals surface area contributed by atoms with Gasteiger partial charge < -0.3 is 33.3 Å². The van der Waals surface area contributed by atoms with Crippen LogP contribution in [0.4, 0.5) is 16.3 Å². The van der Waals surface area contributed by atoms with Crippen molar-refractivity contribution in [2.75, 3.05) is 103 Å². The van der Waals surface area contributed by atoms with Gasteiger partial charge in [-0.2, -0.15) is 8.42 Å². The SMILES string of the molecule is Cc1ccc(S(=O)(=O)OCCOCCOCCOCCOCCOCCN(C(=O)OC(C)(C)C)c2ccc3nc(-c4ccc(-c5ccc(N(C)C)nc5)cc4)sc3c2)cc1.